The summed E-state index contributed by atoms with van der Waals surface area (Å²) in [6.45, 7) is 9.02. The molecule has 2 amide bonds. The van der Waals surface area contributed by atoms with Crippen molar-refractivity contribution < 1.29 is 9.59 Å². The first-order valence-electron chi connectivity index (χ1n) is 10.5. The van der Waals surface area contributed by atoms with Gasteiger partial charge in [0.05, 0.1) is 16.6 Å². The van der Waals surface area contributed by atoms with Gasteiger partial charge in [0.1, 0.15) is 0 Å². The van der Waals surface area contributed by atoms with Crippen LogP contribution in [0.2, 0.25) is 10.0 Å². The molecule has 1 saturated heterocycles. The zero-order valence-corrected chi connectivity index (χ0v) is 19.2. The number of rotatable bonds is 8. The van der Waals surface area contributed by atoms with Crippen LogP contribution in [0.3, 0.4) is 0 Å². The lowest BCUT2D eigenvalue weighted by Gasteiger charge is -2.34. The molecule has 0 aliphatic carbocycles. The highest BCUT2D eigenvalue weighted by Crippen LogP contribution is 2.22. The van der Waals surface area contributed by atoms with E-state index in [0.29, 0.717) is 22.2 Å². The molecule has 1 fully saturated rings. The normalized spacial score (nSPS) is 14.9. The van der Waals surface area contributed by atoms with E-state index in [9.17, 15) is 9.59 Å². The van der Waals surface area contributed by atoms with Crippen molar-refractivity contribution in [1.82, 2.24) is 20.4 Å². The van der Waals surface area contributed by atoms with Crippen LogP contribution in [0.5, 0.6) is 0 Å². The maximum atomic E-state index is 12.1. The highest BCUT2D eigenvalue weighted by molar-refractivity contribution is 6.42. The van der Waals surface area contributed by atoms with Crippen molar-refractivity contribution >= 4 is 35.0 Å². The Bertz CT molecular complexity index is 897. The van der Waals surface area contributed by atoms with E-state index in [0.717, 1.165) is 44.8 Å². The molecular weight excluding hydrogens is 435 g/mol. The quantitative estimate of drug-likeness (QED) is 0.632. The average Bonchev–Trinajstić information content (AvgIpc) is 2.79. The molecule has 2 aromatic rings. The zero-order valence-electron chi connectivity index (χ0n) is 17.7. The van der Waals surface area contributed by atoms with Crippen LogP contribution in [0.4, 0.5) is 0 Å². The molecule has 1 aliphatic heterocycles. The SMILES string of the molecule is CCN1CCN(Cc2ccc(CNC(=O)CNC(=O)c3ccc(Cl)c(Cl)c3)cc2)CC1. The summed E-state index contributed by atoms with van der Waals surface area (Å²) in [5.41, 5.74) is 2.64. The Hall–Kier alpha value is -2.12. The summed E-state index contributed by atoms with van der Waals surface area (Å²) < 4.78 is 0. The second-order valence-electron chi connectivity index (χ2n) is 7.62. The average molecular weight is 463 g/mol. The molecule has 6 nitrogen and oxygen atoms in total. The minimum atomic E-state index is -0.377. The Morgan fingerprint density at radius 1 is 0.871 bits per heavy atom. The molecule has 0 saturated carbocycles. The minimum absolute atomic E-state index is 0.110. The summed E-state index contributed by atoms with van der Waals surface area (Å²) in [6, 6.07) is 12.9. The van der Waals surface area contributed by atoms with Crippen LogP contribution in [-0.2, 0) is 17.9 Å². The largest absolute Gasteiger partial charge is 0.350 e. The molecule has 1 aliphatic rings. The van der Waals surface area contributed by atoms with Gasteiger partial charge in [0.25, 0.3) is 5.91 Å². The molecule has 2 N–H and O–H groups in total. The van der Waals surface area contributed by atoms with Crippen molar-refractivity contribution in [2.24, 2.45) is 0 Å². The highest BCUT2D eigenvalue weighted by atomic mass is 35.5. The summed E-state index contributed by atoms with van der Waals surface area (Å²) in [7, 11) is 0. The van der Waals surface area contributed by atoms with Gasteiger partial charge < -0.3 is 15.5 Å². The third kappa shape index (κ3) is 7.21. The van der Waals surface area contributed by atoms with E-state index in [1.165, 1.54) is 11.6 Å². The topological polar surface area (TPSA) is 64.7 Å². The maximum Gasteiger partial charge on any atom is 0.251 e. The summed E-state index contributed by atoms with van der Waals surface area (Å²) in [4.78, 5) is 29.1. The van der Waals surface area contributed by atoms with Gasteiger partial charge in [0, 0.05) is 44.8 Å². The molecule has 2 aromatic carbocycles. The Labute approximate surface area is 193 Å². The van der Waals surface area contributed by atoms with Crippen LogP contribution >= 0.6 is 23.2 Å². The van der Waals surface area contributed by atoms with Crippen molar-refractivity contribution in [3.63, 3.8) is 0 Å². The summed E-state index contributed by atoms with van der Waals surface area (Å²) in [6.07, 6.45) is 0. The third-order valence-electron chi connectivity index (χ3n) is 5.42. The first-order chi connectivity index (χ1) is 14.9. The molecule has 0 unspecified atom stereocenters. The number of hydrogen-bond donors (Lipinski definition) is 2. The van der Waals surface area contributed by atoms with Crippen LogP contribution in [0.15, 0.2) is 42.5 Å². The van der Waals surface area contributed by atoms with Gasteiger partial charge in [-0.25, -0.2) is 0 Å². The van der Waals surface area contributed by atoms with E-state index in [2.05, 4.69) is 39.5 Å². The van der Waals surface area contributed by atoms with Gasteiger partial charge in [-0.3, -0.25) is 14.5 Å². The molecule has 0 radical (unpaired) electrons. The van der Waals surface area contributed by atoms with Gasteiger partial charge in [-0.15, -0.1) is 0 Å². The fraction of sp³-hybridized carbons (Fsp3) is 0.391. The van der Waals surface area contributed by atoms with Gasteiger partial charge in [0.15, 0.2) is 0 Å². The number of benzene rings is 2. The molecule has 0 aromatic heterocycles. The van der Waals surface area contributed by atoms with Gasteiger partial charge in [0.2, 0.25) is 5.91 Å². The predicted molar refractivity (Wildman–Crippen MR) is 124 cm³/mol. The highest BCUT2D eigenvalue weighted by Gasteiger charge is 2.15. The smallest absolute Gasteiger partial charge is 0.251 e. The van der Waals surface area contributed by atoms with Crippen molar-refractivity contribution in [3.05, 3.63) is 69.2 Å². The van der Waals surface area contributed by atoms with E-state index in [1.54, 1.807) is 12.1 Å². The molecule has 0 spiro atoms. The van der Waals surface area contributed by atoms with Crippen LogP contribution in [0.25, 0.3) is 0 Å². The number of hydrogen-bond acceptors (Lipinski definition) is 4. The number of nitrogens with one attached hydrogen (secondary N) is 2. The van der Waals surface area contributed by atoms with Crippen LogP contribution in [0.1, 0.15) is 28.4 Å². The molecule has 0 bridgehead atoms. The molecule has 31 heavy (non-hydrogen) atoms. The number of nitrogens with zero attached hydrogens (tertiary/aromatic N) is 2. The number of halogens is 2. The van der Waals surface area contributed by atoms with E-state index in [-0.39, 0.29) is 18.4 Å². The Balaban J connectivity index is 1.39. The third-order valence-corrected chi connectivity index (χ3v) is 6.16. The van der Waals surface area contributed by atoms with Crippen LogP contribution in [0, 0.1) is 0 Å². The molecule has 1 heterocycles. The predicted octanol–water partition coefficient (Wildman–Crippen LogP) is 3.18. The van der Waals surface area contributed by atoms with Crippen molar-refractivity contribution in [2.45, 2.75) is 20.0 Å². The van der Waals surface area contributed by atoms with Gasteiger partial charge in [-0.05, 0) is 35.9 Å². The van der Waals surface area contributed by atoms with Gasteiger partial charge in [-0.1, -0.05) is 54.4 Å². The number of likely N-dealkylation sites (N-methyl/N-ethyl adjacent to an activating group) is 1. The second kappa shape index (κ2) is 11.5. The maximum absolute atomic E-state index is 12.1. The van der Waals surface area contributed by atoms with E-state index in [1.807, 2.05) is 12.1 Å². The number of piperazine rings is 1. The fourth-order valence-corrected chi connectivity index (χ4v) is 3.75. The Kier molecular flexibility index (Phi) is 8.72. The minimum Gasteiger partial charge on any atom is -0.350 e. The van der Waals surface area contributed by atoms with Gasteiger partial charge >= 0.3 is 0 Å². The fourth-order valence-electron chi connectivity index (χ4n) is 3.45. The molecule has 166 valence electrons. The summed E-state index contributed by atoms with van der Waals surface area (Å²) in [5.74, 6) is -0.635. The number of amides is 2. The monoisotopic (exact) mass is 462 g/mol. The van der Waals surface area contributed by atoms with Crippen molar-refractivity contribution in [1.29, 1.82) is 0 Å². The zero-order chi connectivity index (χ0) is 22.2. The summed E-state index contributed by atoms with van der Waals surface area (Å²) >= 11 is 11.8. The van der Waals surface area contributed by atoms with Crippen LogP contribution < -0.4 is 10.6 Å². The Morgan fingerprint density at radius 2 is 1.52 bits per heavy atom. The van der Waals surface area contributed by atoms with E-state index in [4.69, 9.17) is 23.2 Å². The van der Waals surface area contributed by atoms with Gasteiger partial charge in [-0.2, -0.15) is 0 Å². The number of carbonyl (C=O) groups is 2. The first kappa shape index (κ1) is 23.5. The second-order valence-corrected chi connectivity index (χ2v) is 8.43. The Morgan fingerprint density at radius 3 is 2.16 bits per heavy atom. The van der Waals surface area contributed by atoms with Crippen molar-refractivity contribution in [3.8, 4) is 0 Å². The lowest BCUT2D eigenvalue weighted by Crippen LogP contribution is -2.45. The van der Waals surface area contributed by atoms with Crippen LogP contribution in [-0.4, -0.2) is 60.9 Å². The summed E-state index contributed by atoms with van der Waals surface area (Å²) in [5, 5.41) is 6.08. The standard InChI is InChI=1S/C23H28Cl2N4O2/c1-2-28-9-11-29(12-10-28)16-18-5-3-17(4-6-18)14-26-22(30)15-27-23(31)19-7-8-20(24)21(25)13-19/h3-8,13H,2,9-12,14-16H2,1H3,(H,26,30)(H,27,31). The molecule has 8 heteroatoms. The lowest BCUT2D eigenvalue weighted by molar-refractivity contribution is -0.120. The first-order valence-corrected chi connectivity index (χ1v) is 11.2. The van der Waals surface area contributed by atoms with E-state index >= 15 is 0 Å². The molecule has 0 atom stereocenters. The molecule has 3 rings (SSSR count). The van der Waals surface area contributed by atoms with Crippen molar-refractivity contribution in [2.75, 3.05) is 39.3 Å². The lowest BCUT2D eigenvalue weighted by atomic mass is 10.1. The van der Waals surface area contributed by atoms with E-state index < -0.39 is 0 Å². The molecular formula is C23H28Cl2N4O2. The number of carbonyl (C=O) groups excluding carboxylic acids is 2.